The van der Waals surface area contributed by atoms with Gasteiger partial charge in [-0.1, -0.05) is 29.8 Å². The fourth-order valence-electron chi connectivity index (χ4n) is 1.73. The van der Waals surface area contributed by atoms with Crippen molar-refractivity contribution in [2.45, 2.75) is 32.5 Å². The second-order valence-corrected chi connectivity index (χ2v) is 5.77. The first-order valence-corrected chi connectivity index (χ1v) is 6.93. The summed E-state index contributed by atoms with van der Waals surface area (Å²) >= 11 is 3.24. The molecule has 0 saturated carbocycles. The molecule has 1 N–H and O–H groups in total. The van der Waals surface area contributed by atoms with E-state index in [1.165, 1.54) is 0 Å². The van der Waals surface area contributed by atoms with Crippen LogP contribution in [0.5, 0.6) is 0 Å². The molecule has 1 rings (SSSR count). The van der Waals surface area contributed by atoms with Gasteiger partial charge >= 0.3 is 12.2 Å². The van der Waals surface area contributed by atoms with Gasteiger partial charge in [0, 0.05) is 11.9 Å². The van der Waals surface area contributed by atoms with E-state index in [1.54, 1.807) is 5.32 Å². The maximum Gasteiger partial charge on any atom is 0.420 e. The number of amides is 3. The molecule has 1 fully saturated rings. The second kappa shape index (κ2) is 5.30. The van der Waals surface area contributed by atoms with Gasteiger partial charge in [-0.15, -0.1) is 0 Å². The van der Waals surface area contributed by atoms with Gasteiger partial charge in [0.15, 0.2) is 0 Å². The third kappa shape index (κ3) is 2.88. The molecular formula is C11H16BrF3N2O2. The van der Waals surface area contributed by atoms with Crippen LogP contribution in [-0.2, 0) is 4.79 Å². The molecule has 0 aromatic rings. The molecule has 0 aromatic heterocycles. The minimum atomic E-state index is -4.81. The van der Waals surface area contributed by atoms with E-state index in [0.29, 0.717) is 17.2 Å². The first-order valence-electron chi connectivity index (χ1n) is 5.81. The zero-order chi connectivity index (χ0) is 15.0. The smallest absolute Gasteiger partial charge is 0.316 e. The predicted molar refractivity (Wildman–Crippen MR) is 66.8 cm³/mol. The molecule has 1 heterocycles. The summed E-state index contributed by atoms with van der Waals surface area (Å²) in [6, 6.07) is -0.989. The molecule has 8 heteroatoms. The lowest BCUT2D eigenvalue weighted by Crippen LogP contribution is -2.56. The van der Waals surface area contributed by atoms with E-state index in [4.69, 9.17) is 0 Å². The molecule has 3 amide bonds. The van der Waals surface area contributed by atoms with Crippen LogP contribution >= 0.6 is 15.9 Å². The van der Waals surface area contributed by atoms with E-state index >= 15 is 0 Å². The van der Waals surface area contributed by atoms with Gasteiger partial charge in [0.1, 0.15) is 0 Å². The van der Waals surface area contributed by atoms with E-state index in [9.17, 15) is 22.8 Å². The van der Waals surface area contributed by atoms with E-state index in [-0.39, 0.29) is 18.4 Å². The second-order valence-electron chi connectivity index (χ2n) is 5.13. The highest BCUT2D eigenvalue weighted by atomic mass is 79.9. The lowest BCUT2D eigenvalue weighted by atomic mass is 9.96. The monoisotopic (exact) mass is 344 g/mol. The zero-order valence-corrected chi connectivity index (χ0v) is 12.4. The number of nitrogens with zero attached hydrogens (tertiary/aromatic N) is 1. The Bertz CT molecular complexity index is 387. The Hall–Kier alpha value is -0.790. The number of alkyl halides is 4. The van der Waals surface area contributed by atoms with Gasteiger partial charge in [-0.05, 0) is 18.8 Å². The summed E-state index contributed by atoms with van der Waals surface area (Å²) in [6.07, 6.45) is -4.81. The largest absolute Gasteiger partial charge is 0.420 e. The Morgan fingerprint density at radius 2 is 1.89 bits per heavy atom. The van der Waals surface area contributed by atoms with Crippen molar-refractivity contribution in [3.63, 3.8) is 0 Å². The molecule has 0 aromatic carbocycles. The normalized spacial score (nSPS) is 26.0. The zero-order valence-electron chi connectivity index (χ0n) is 10.8. The predicted octanol–water partition coefficient (Wildman–Crippen LogP) is 2.53. The topological polar surface area (TPSA) is 49.4 Å². The third-order valence-electron chi connectivity index (χ3n) is 3.40. The van der Waals surface area contributed by atoms with Gasteiger partial charge in [0.2, 0.25) is 5.54 Å². The first kappa shape index (κ1) is 16.3. The Morgan fingerprint density at radius 1 is 1.37 bits per heavy atom. The molecule has 0 bridgehead atoms. The van der Waals surface area contributed by atoms with Crippen LogP contribution in [0.3, 0.4) is 0 Å². The summed E-state index contributed by atoms with van der Waals surface area (Å²) in [5.74, 6) is -1.19. The minimum Gasteiger partial charge on any atom is -0.316 e. The molecule has 4 nitrogen and oxygen atoms in total. The summed E-state index contributed by atoms with van der Waals surface area (Å²) < 4.78 is 38.5. The number of imide groups is 1. The molecule has 1 saturated heterocycles. The third-order valence-corrected chi connectivity index (χ3v) is 4.23. The van der Waals surface area contributed by atoms with Crippen molar-refractivity contribution >= 4 is 27.9 Å². The number of hydrogen-bond acceptors (Lipinski definition) is 2. The molecule has 2 atom stereocenters. The highest BCUT2D eigenvalue weighted by molar-refractivity contribution is 9.09. The summed E-state index contributed by atoms with van der Waals surface area (Å²) in [6.45, 7) is 4.42. The molecule has 19 heavy (non-hydrogen) atoms. The lowest BCUT2D eigenvalue weighted by Gasteiger charge is -2.26. The molecular weight excluding hydrogens is 329 g/mol. The number of nitrogens with one attached hydrogen (secondary N) is 1. The molecule has 0 aliphatic carbocycles. The summed E-state index contributed by atoms with van der Waals surface area (Å²) in [5.41, 5.74) is -2.82. The van der Waals surface area contributed by atoms with Gasteiger partial charge < -0.3 is 5.32 Å². The first-order chi connectivity index (χ1) is 8.54. The quantitative estimate of drug-likeness (QED) is 0.629. The number of hydrogen-bond donors (Lipinski definition) is 1. The summed E-state index contributed by atoms with van der Waals surface area (Å²) in [4.78, 5) is 24.1. The van der Waals surface area contributed by atoms with Crippen molar-refractivity contribution in [3.8, 4) is 0 Å². The highest BCUT2D eigenvalue weighted by Gasteiger charge is 2.64. The van der Waals surface area contributed by atoms with Crippen molar-refractivity contribution in [1.29, 1.82) is 0 Å². The maximum atomic E-state index is 12.8. The van der Waals surface area contributed by atoms with Crippen molar-refractivity contribution in [1.82, 2.24) is 10.2 Å². The van der Waals surface area contributed by atoms with E-state index in [0.717, 1.165) is 0 Å². The minimum absolute atomic E-state index is 0.0285. The number of rotatable bonds is 4. The molecule has 2 unspecified atom stereocenters. The van der Waals surface area contributed by atoms with E-state index < -0.39 is 23.7 Å². The van der Waals surface area contributed by atoms with Gasteiger partial charge in [-0.3, -0.25) is 9.69 Å². The van der Waals surface area contributed by atoms with Crippen LogP contribution in [0.1, 0.15) is 20.8 Å². The average Bonchev–Trinajstić information content (AvgIpc) is 2.48. The maximum absolute atomic E-state index is 12.8. The van der Waals surface area contributed by atoms with Crippen LogP contribution in [0, 0.1) is 11.8 Å². The Labute approximate surface area is 117 Å². The summed E-state index contributed by atoms with van der Waals surface area (Å²) in [5, 5.41) is 2.24. The van der Waals surface area contributed by atoms with E-state index in [1.807, 2.05) is 13.8 Å². The number of halogens is 4. The molecule has 1 aliphatic rings. The van der Waals surface area contributed by atoms with Crippen molar-refractivity contribution in [2.24, 2.45) is 11.8 Å². The van der Waals surface area contributed by atoms with E-state index in [2.05, 4.69) is 15.9 Å². The van der Waals surface area contributed by atoms with Gasteiger partial charge in [-0.25, -0.2) is 4.79 Å². The van der Waals surface area contributed by atoms with Gasteiger partial charge in [0.25, 0.3) is 5.91 Å². The fraction of sp³-hybridized carbons (Fsp3) is 0.818. The Balaban J connectivity index is 2.94. The van der Waals surface area contributed by atoms with Crippen molar-refractivity contribution < 1.29 is 22.8 Å². The number of carbonyl (C=O) groups excluding carboxylic acids is 2. The van der Waals surface area contributed by atoms with Crippen LogP contribution in [0.4, 0.5) is 18.0 Å². The lowest BCUT2D eigenvalue weighted by molar-refractivity contribution is -0.191. The van der Waals surface area contributed by atoms with Crippen molar-refractivity contribution in [2.75, 3.05) is 11.9 Å². The van der Waals surface area contributed by atoms with Crippen LogP contribution in [0.2, 0.25) is 0 Å². The van der Waals surface area contributed by atoms with Gasteiger partial charge in [-0.2, -0.15) is 13.2 Å². The van der Waals surface area contributed by atoms with Crippen LogP contribution in [0.15, 0.2) is 0 Å². The molecule has 0 radical (unpaired) electrons. The SMILES string of the molecule is CC(C)C(CBr)CN1C(=O)NC(C)(C(F)(F)F)C1=O. The van der Waals surface area contributed by atoms with Gasteiger partial charge in [0.05, 0.1) is 0 Å². The summed E-state index contributed by atoms with van der Waals surface area (Å²) in [7, 11) is 0. The molecule has 110 valence electrons. The highest BCUT2D eigenvalue weighted by Crippen LogP contribution is 2.35. The molecule has 0 spiro atoms. The average molecular weight is 345 g/mol. The van der Waals surface area contributed by atoms with Crippen molar-refractivity contribution in [3.05, 3.63) is 0 Å². The Morgan fingerprint density at radius 3 is 2.21 bits per heavy atom. The number of urea groups is 1. The van der Waals surface area contributed by atoms with Crippen LogP contribution < -0.4 is 5.32 Å². The Kier molecular flexibility index (Phi) is 4.54. The molecule has 1 aliphatic heterocycles. The van der Waals surface area contributed by atoms with Crippen LogP contribution in [0.25, 0.3) is 0 Å². The van der Waals surface area contributed by atoms with Crippen LogP contribution in [-0.4, -0.2) is 40.4 Å². The fourth-order valence-corrected chi connectivity index (χ4v) is 2.68. The standard InChI is InChI=1S/C11H16BrF3N2O2/c1-6(2)7(4-12)5-17-8(18)10(3,11(13,14)15)16-9(17)19/h6-7H,4-5H2,1-3H3,(H,16,19). The number of carbonyl (C=O) groups is 2.